The number of hydrogen-bond acceptors (Lipinski definition) is 8. The molecule has 0 aromatic carbocycles. The summed E-state index contributed by atoms with van der Waals surface area (Å²) in [6.45, 7) is 1.63. The number of alkyl halides is 3. The van der Waals surface area contributed by atoms with E-state index in [-0.39, 0.29) is 37.0 Å². The molecule has 3 aromatic rings. The molecule has 3 fully saturated rings. The van der Waals surface area contributed by atoms with Crippen LogP contribution in [-0.4, -0.2) is 64.5 Å². The number of nitriles is 1. The Balaban J connectivity index is 1.38. The molecule has 0 spiro atoms. The molecule has 34 heavy (non-hydrogen) atoms. The maximum absolute atomic E-state index is 14.5. The average molecular weight is 469 g/mol. The molecular formula is C23H22F3N7O. The molecule has 0 bridgehead atoms. The molecule has 1 saturated carbocycles. The number of hydrogen-bond donors (Lipinski definition) is 0. The van der Waals surface area contributed by atoms with Gasteiger partial charge in [0.2, 0.25) is 11.8 Å². The minimum absolute atomic E-state index is 0.0723. The van der Waals surface area contributed by atoms with Crippen molar-refractivity contribution < 1.29 is 17.6 Å². The minimum atomic E-state index is -4.43. The molecule has 2 atom stereocenters. The topological polar surface area (TPSA) is 95.0 Å². The molecule has 6 rings (SSSR count). The molecule has 0 N–H and O–H groups in total. The molecule has 2 aliphatic heterocycles. The van der Waals surface area contributed by atoms with Crippen LogP contribution in [0.4, 0.5) is 18.9 Å². The van der Waals surface area contributed by atoms with E-state index in [0.29, 0.717) is 22.5 Å². The zero-order chi connectivity index (χ0) is 23.7. The molecule has 2 saturated heterocycles. The summed E-state index contributed by atoms with van der Waals surface area (Å²) in [4.78, 5) is 12.3. The Bertz CT molecular complexity index is 1310. The minimum Gasteiger partial charge on any atom is -0.424 e. The van der Waals surface area contributed by atoms with Crippen LogP contribution in [0.25, 0.3) is 10.9 Å². The number of halogens is 3. The van der Waals surface area contributed by atoms with E-state index >= 15 is 0 Å². The van der Waals surface area contributed by atoms with E-state index in [2.05, 4.69) is 25.1 Å². The summed E-state index contributed by atoms with van der Waals surface area (Å²) < 4.78 is 49.3. The van der Waals surface area contributed by atoms with Gasteiger partial charge in [-0.15, -0.1) is 10.2 Å². The van der Waals surface area contributed by atoms with E-state index in [1.807, 2.05) is 13.1 Å². The van der Waals surface area contributed by atoms with Crippen LogP contribution >= 0.6 is 0 Å². The number of pyridine rings is 2. The van der Waals surface area contributed by atoms with Crippen molar-refractivity contribution in [1.29, 1.82) is 5.26 Å². The normalized spacial score (nSPS) is 27.7. The first-order valence-corrected chi connectivity index (χ1v) is 11.3. The summed E-state index contributed by atoms with van der Waals surface area (Å²) in [7, 11) is 2.04. The van der Waals surface area contributed by atoms with Gasteiger partial charge in [0.15, 0.2) is 5.69 Å². The second kappa shape index (κ2) is 7.12. The fourth-order valence-electron chi connectivity index (χ4n) is 5.81. The Morgan fingerprint density at radius 1 is 1.18 bits per heavy atom. The zero-order valence-corrected chi connectivity index (χ0v) is 18.5. The monoisotopic (exact) mass is 469 g/mol. The van der Waals surface area contributed by atoms with Crippen molar-refractivity contribution in [2.45, 2.75) is 36.8 Å². The van der Waals surface area contributed by atoms with Crippen molar-refractivity contribution in [2.24, 2.45) is 5.41 Å². The molecule has 3 aliphatic rings. The van der Waals surface area contributed by atoms with Gasteiger partial charge in [0.25, 0.3) is 0 Å². The highest BCUT2D eigenvalue weighted by molar-refractivity contribution is 5.94. The predicted molar refractivity (Wildman–Crippen MR) is 115 cm³/mol. The van der Waals surface area contributed by atoms with Crippen LogP contribution in [0.5, 0.6) is 0 Å². The molecule has 8 nitrogen and oxygen atoms in total. The number of fused-ring (bicyclic) bond motifs is 2. The van der Waals surface area contributed by atoms with Crippen LogP contribution in [0.1, 0.15) is 42.7 Å². The summed E-state index contributed by atoms with van der Waals surface area (Å²) in [5.41, 5.74) is -2.21. The predicted octanol–water partition coefficient (Wildman–Crippen LogP) is 3.40. The van der Waals surface area contributed by atoms with Crippen molar-refractivity contribution in [2.75, 3.05) is 38.1 Å². The molecule has 0 radical (unpaired) electrons. The van der Waals surface area contributed by atoms with Gasteiger partial charge in [0, 0.05) is 30.6 Å². The van der Waals surface area contributed by atoms with Gasteiger partial charge < -0.3 is 14.2 Å². The lowest BCUT2D eigenvalue weighted by atomic mass is 9.95. The summed E-state index contributed by atoms with van der Waals surface area (Å²) in [6.07, 6.45) is 0.183. The number of piperidine rings is 2. The van der Waals surface area contributed by atoms with Crippen molar-refractivity contribution in [3.05, 3.63) is 42.0 Å². The number of aromatic nitrogens is 4. The molecule has 11 heteroatoms. The largest absolute Gasteiger partial charge is 0.424 e. The Labute approximate surface area is 193 Å². The maximum Gasteiger partial charge on any atom is 0.397 e. The number of nitrogens with zero attached hydrogens (tertiary/aromatic N) is 7. The first-order valence-electron chi connectivity index (χ1n) is 11.3. The van der Waals surface area contributed by atoms with Crippen LogP contribution in [0.15, 0.2) is 28.9 Å². The lowest BCUT2D eigenvalue weighted by Crippen LogP contribution is -2.34. The molecule has 0 amide bonds. The highest BCUT2D eigenvalue weighted by atomic mass is 19.4. The van der Waals surface area contributed by atoms with Crippen molar-refractivity contribution >= 4 is 16.6 Å². The third-order valence-electron chi connectivity index (χ3n) is 7.85. The van der Waals surface area contributed by atoms with Gasteiger partial charge >= 0.3 is 6.18 Å². The Morgan fingerprint density at radius 2 is 1.97 bits per heavy atom. The smallest absolute Gasteiger partial charge is 0.397 e. The lowest BCUT2D eigenvalue weighted by molar-refractivity contribution is -0.187. The summed E-state index contributed by atoms with van der Waals surface area (Å²) >= 11 is 0. The lowest BCUT2D eigenvalue weighted by Gasteiger charge is -2.26. The van der Waals surface area contributed by atoms with Gasteiger partial charge in [-0.05, 0) is 51.5 Å². The fraction of sp³-hybridized carbons (Fsp3) is 0.522. The van der Waals surface area contributed by atoms with Crippen molar-refractivity contribution in [3.63, 3.8) is 0 Å². The summed E-state index contributed by atoms with van der Waals surface area (Å²) in [5.74, 6) is 0.585. The third kappa shape index (κ3) is 2.87. The summed E-state index contributed by atoms with van der Waals surface area (Å²) in [5, 5.41) is 18.3. The quantitative estimate of drug-likeness (QED) is 0.576. The molecule has 176 valence electrons. The van der Waals surface area contributed by atoms with Crippen molar-refractivity contribution in [3.8, 4) is 6.07 Å². The van der Waals surface area contributed by atoms with Crippen LogP contribution in [0, 0.1) is 16.7 Å². The van der Waals surface area contributed by atoms with E-state index in [1.54, 1.807) is 17.0 Å². The SMILES string of the molecule is CN1CCC(c2nnc([C@]34CN(c5cnc(C#N)c6ncccc56)C[C@@]3(C(F)(F)F)C4)o2)CC1. The number of rotatable bonds is 3. The highest BCUT2D eigenvalue weighted by Gasteiger charge is 2.86. The molecule has 0 unspecified atom stereocenters. The van der Waals surface area contributed by atoms with Gasteiger partial charge in [0.05, 0.1) is 17.3 Å². The third-order valence-corrected chi connectivity index (χ3v) is 7.85. The molecule has 1 aliphatic carbocycles. The van der Waals surface area contributed by atoms with E-state index in [9.17, 15) is 18.4 Å². The van der Waals surface area contributed by atoms with Gasteiger partial charge in [-0.1, -0.05) is 0 Å². The van der Waals surface area contributed by atoms with Gasteiger partial charge in [0.1, 0.15) is 17.0 Å². The van der Waals surface area contributed by atoms with Gasteiger partial charge in [-0.25, -0.2) is 4.98 Å². The average Bonchev–Trinajstić information content (AvgIpc) is 3.14. The first-order chi connectivity index (χ1) is 16.3. The van der Waals surface area contributed by atoms with Crippen molar-refractivity contribution in [1.82, 2.24) is 25.1 Å². The second-order valence-electron chi connectivity index (χ2n) is 9.72. The molecule has 3 aromatic heterocycles. The van der Waals surface area contributed by atoms with Crippen LogP contribution < -0.4 is 4.90 Å². The number of anilines is 1. The number of likely N-dealkylation sites (tertiary alicyclic amines) is 1. The van der Waals surface area contributed by atoms with Gasteiger partial charge in [-0.2, -0.15) is 18.4 Å². The molecule has 5 heterocycles. The second-order valence-corrected chi connectivity index (χ2v) is 9.72. The Kier molecular flexibility index (Phi) is 4.46. The van der Waals surface area contributed by atoms with E-state index in [0.717, 1.165) is 25.9 Å². The zero-order valence-electron chi connectivity index (χ0n) is 18.5. The van der Waals surface area contributed by atoms with Gasteiger partial charge in [-0.3, -0.25) is 4.98 Å². The molecular weight excluding hydrogens is 447 g/mol. The van der Waals surface area contributed by atoms with E-state index in [4.69, 9.17) is 4.42 Å². The Hall–Kier alpha value is -3.26. The van der Waals surface area contributed by atoms with Crippen LogP contribution in [0.3, 0.4) is 0 Å². The highest BCUT2D eigenvalue weighted by Crippen LogP contribution is 2.75. The first kappa shape index (κ1) is 21.3. The maximum atomic E-state index is 14.5. The van der Waals surface area contributed by atoms with Crippen LogP contribution in [0.2, 0.25) is 0 Å². The van der Waals surface area contributed by atoms with E-state index in [1.165, 1.54) is 12.4 Å². The van der Waals surface area contributed by atoms with Crippen LogP contribution in [-0.2, 0) is 5.41 Å². The fourth-order valence-corrected chi connectivity index (χ4v) is 5.81. The Morgan fingerprint density at radius 3 is 2.71 bits per heavy atom. The summed E-state index contributed by atoms with van der Waals surface area (Å²) in [6, 6.07) is 5.45. The van der Waals surface area contributed by atoms with E-state index < -0.39 is 17.0 Å². The standard InChI is InChI=1S/C23H22F3N7O/c1-32-7-4-14(5-8-32)19-30-31-20(34-19)21-11-22(21,23(24,25)26)13-33(12-21)17-10-29-16(9-27)18-15(17)3-2-6-28-18/h2-3,6,10,14H,4-5,7-8,11-13H2,1H3/t21-,22-/m0/s1.